The fourth-order valence-electron chi connectivity index (χ4n) is 2.55. The average Bonchev–Trinajstić information content (AvgIpc) is 3.00. The van der Waals surface area contributed by atoms with Gasteiger partial charge in [0.05, 0.1) is 12.2 Å². The Morgan fingerprint density at radius 2 is 2.17 bits per heavy atom. The van der Waals surface area contributed by atoms with E-state index in [1.165, 1.54) is 11.9 Å². The lowest BCUT2D eigenvalue weighted by Crippen LogP contribution is -2.38. The quantitative estimate of drug-likeness (QED) is 0.905. The molecule has 0 saturated heterocycles. The number of rotatable bonds is 5. The number of nitrogens with one attached hydrogen (secondary N) is 1. The number of benzene rings is 1. The molecule has 3 rings (SSSR count). The SMILES string of the molecule is Cc1ccc(OCCN(C)C(=O)C2NCc3ncncc32)cc1. The van der Waals surface area contributed by atoms with Crippen molar-refractivity contribution in [2.75, 3.05) is 20.2 Å². The smallest absolute Gasteiger partial charge is 0.244 e. The van der Waals surface area contributed by atoms with Gasteiger partial charge in [0.1, 0.15) is 24.7 Å². The van der Waals surface area contributed by atoms with Crippen molar-refractivity contribution < 1.29 is 9.53 Å². The molecule has 1 aromatic carbocycles. The molecule has 2 heterocycles. The Balaban J connectivity index is 1.53. The Labute approximate surface area is 135 Å². The first-order valence-corrected chi connectivity index (χ1v) is 7.62. The third-order valence-electron chi connectivity index (χ3n) is 3.95. The number of hydrogen-bond acceptors (Lipinski definition) is 5. The van der Waals surface area contributed by atoms with Crippen molar-refractivity contribution in [3.63, 3.8) is 0 Å². The lowest BCUT2D eigenvalue weighted by molar-refractivity contribution is -0.132. The van der Waals surface area contributed by atoms with E-state index in [0.717, 1.165) is 17.0 Å². The van der Waals surface area contributed by atoms with Gasteiger partial charge in [0.2, 0.25) is 5.91 Å². The molecule has 1 N–H and O–H groups in total. The zero-order chi connectivity index (χ0) is 16.2. The molecule has 0 bridgehead atoms. The molecule has 1 atom stereocenters. The number of ether oxygens (including phenoxy) is 1. The number of aryl methyl sites for hydroxylation is 1. The first-order chi connectivity index (χ1) is 11.1. The van der Waals surface area contributed by atoms with Crippen molar-refractivity contribution in [3.8, 4) is 5.75 Å². The first kappa shape index (κ1) is 15.4. The summed E-state index contributed by atoms with van der Waals surface area (Å²) < 4.78 is 5.67. The van der Waals surface area contributed by atoms with E-state index >= 15 is 0 Å². The number of aromatic nitrogens is 2. The molecule has 0 saturated carbocycles. The van der Waals surface area contributed by atoms with Crippen molar-refractivity contribution in [1.82, 2.24) is 20.2 Å². The monoisotopic (exact) mass is 312 g/mol. The minimum Gasteiger partial charge on any atom is -0.492 e. The molecule has 120 valence electrons. The summed E-state index contributed by atoms with van der Waals surface area (Å²) in [5.41, 5.74) is 2.95. The van der Waals surface area contributed by atoms with Gasteiger partial charge in [0, 0.05) is 25.4 Å². The topological polar surface area (TPSA) is 67.3 Å². The Bertz CT molecular complexity index is 687. The molecular weight excluding hydrogens is 292 g/mol. The molecule has 6 nitrogen and oxygen atoms in total. The van der Waals surface area contributed by atoms with E-state index < -0.39 is 0 Å². The van der Waals surface area contributed by atoms with E-state index in [-0.39, 0.29) is 11.9 Å². The van der Waals surface area contributed by atoms with Gasteiger partial charge in [-0.25, -0.2) is 9.97 Å². The predicted octanol–water partition coefficient (Wildman–Crippen LogP) is 1.47. The summed E-state index contributed by atoms with van der Waals surface area (Å²) in [7, 11) is 1.78. The number of fused-ring (bicyclic) bond motifs is 1. The van der Waals surface area contributed by atoms with E-state index in [1.54, 1.807) is 18.1 Å². The van der Waals surface area contributed by atoms with Crippen LogP contribution in [-0.2, 0) is 11.3 Å². The van der Waals surface area contributed by atoms with Gasteiger partial charge in [-0.2, -0.15) is 0 Å². The Hall–Kier alpha value is -2.47. The second-order valence-corrected chi connectivity index (χ2v) is 5.66. The van der Waals surface area contributed by atoms with Crippen molar-refractivity contribution >= 4 is 5.91 Å². The van der Waals surface area contributed by atoms with Crippen molar-refractivity contribution in [2.24, 2.45) is 0 Å². The van der Waals surface area contributed by atoms with E-state index in [4.69, 9.17) is 4.74 Å². The predicted molar refractivity (Wildman–Crippen MR) is 85.9 cm³/mol. The fourth-order valence-corrected chi connectivity index (χ4v) is 2.55. The number of carbonyl (C=O) groups excluding carboxylic acids is 1. The van der Waals surface area contributed by atoms with Gasteiger partial charge in [0.25, 0.3) is 0 Å². The maximum absolute atomic E-state index is 12.5. The maximum atomic E-state index is 12.5. The molecule has 1 aliphatic rings. The van der Waals surface area contributed by atoms with Crippen molar-refractivity contribution in [2.45, 2.75) is 19.5 Å². The van der Waals surface area contributed by atoms with Gasteiger partial charge in [0.15, 0.2) is 0 Å². The lowest BCUT2D eigenvalue weighted by atomic mass is 10.1. The average molecular weight is 312 g/mol. The Kier molecular flexibility index (Phi) is 4.52. The van der Waals surface area contributed by atoms with Crippen LogP contribution >= 0.6 is 0 Å². The number of carbonyl (C=O) groups is 1. The molecule has 0 spiro atoms. The van der Waals surface area contributed by atoms with Crippen LogP contribution in [0.5, 0.6) is 5.75 Å². The van der Waals surface area contributed by atoms with Crippen LogP contribution in [0.4, 0.5) is 0 Å². The van der Waals surface area contributed by atoms with E-state index in [1.807, 2.05) is 31.2 Å². The Morgan fingerprint density at radius 3 is 2.96 bits per heavy atom. The van der Waals surface area contributed by atoms with Crippen LogP contribution in [0.3, 0.4) is 0 Å². The largest absolute Gasteiger partial charge is 0.492 e. The zero-order valence-corrected chi connectivity index (χ0v) is 13.3. The fraction of sp³-hybridized carbons (Fsp3) is 0.353. The first-order valence-electron chi connectivity index (χ1n) is 7.62. The second kappa shape index (κ2) is 6.75. The van der Waals surface area contributed by atoms with Crippen LogP contribution in [0.15, 0.2) is 36.8 Å². The molecular formula is C17H20N4O2. The summed E-state index contributed by atoms with van der Waals surface area (Å²) in [5.74, 6) is 0.820. The van der Waals surface area contributed by atoms with Gasteiger partial charge in [-0.1, -0.05) is 17.7 Å². The van der Waals surface area contributed by atoms with Gasteiger partial charge < -0.3 is 9.64 Å². The zero-order valence-electron chi connectivity index (χ0n) is 13.3. The molecule has 2 aromatic rings. The van der Waals surface area contributed by atoms with Crippen LogP contribution < -0.4 is 10.1 Å². The van der Waals surface area contributed by atoms with E-state index in [9.17, 15) is 4.79 Å². The molecule has 6 heteroatoms. The molecule has 0 radical (unpaired) electrons. The van der Waals surface area contributed by atoms with Crippen molar-refractivity contribution in [3.05, 3.63) is 53.6 Å². The summed E-state index contributed by atoms with van der Waals surface area (Å²) in [5, 5.41) is 3.18. The summed E-state index contributed by atoms with van der Waals surface area (Å²) >= 11 is 0. The van der Waals surface area contributed by atoms with Gasteiger partial charge in [-0.05, 0) is 19.1 Å². The van der Waals surface area contributed by atoms with Gasteiger partial charge in [-0.3, -0.25) is 10.1 Å². The molecule has 1 aromatic heterocycles. The highest BCUT2D eigenvalue weighted by Gasteiger charge is 2.31. The molecule has 1 aliphatic heterocycles. The summed E-state index contributed by atoms with van der Waals surface area (Å²) in [6.45, 7) is 3.61. The van der Waals surface area contributed by atoms with E-state index in [0.29, 0.717) is 19.7 Å². The molecule has 1 amide bonds. The minimum atomic E-state index is -0.365. The van der Waals surface area contributed by atoms with Crippen LogP contribution in [-0.4, -0.2) is 41.0 Å². The third-order valence-corrected chi connectivity index (χ3v) is 3.95. The van der Waals surface area contributed by atoms with Crippen molar-refractivity contribution in [1.29, 1.82) is 0 Å². The number of likely N-dealkylation sites (N-methyl/N-ethyl adjacent to an activating group) is 1. The molecule has 23 heavy (non-hydrogen) atoms. The van der Waals surface area contributed by atoms with Gasteiger partial charge >= 0.3 is 0 Å². The van der Waals surface area contributed by atoms with Crippen LogP contribution in [0.1, 0.15) is 22.9 Å². The maximum Gasteiger partial charge on any atom is 0.244 e. The van der Waals surface area contributed by atoms with Crippen LogP contribution in [0, 0.1) is 6.92 Å². The normalized spacial score (nSPS) is 16.0. The van der Waals surface area contributed by atoms with Crippen LogP contribution in [0.25, 0.3) is 0 Å². The van der Waals surface area contributed by atoms with Gasteiger partial charge in [-0.15, -0.1) is 0 Å². The Morgan fingerprint density at radius 1 is 1.39 bits per heavy atom. The molecule has 0 aliphatic carbocycles. The highest BCUT2D eigenvalue weighted by molar-refractivity contribution is 5.84. The lowest BCUT2D eigenvalue weighted by Gasteiger charge is -2.21. The number of hydrogen-bond donors (Lipinski definition) is 1. The summed E-state index contributed by atoms with van der Waals surface area (Å²) in [6.07, 6.45) is 3.22. The summed E-state index contributed by atoms with van der Waals surface area (Å²) in [6, 6.07) is 7.51. The number of nitrogens with zero attached hydrogens (tertiary/aromatic N) is 3. The second-order valence-electron chi connectivity index (χ2n) is 5.66. The highest BCUT2D eigenvalue weighted by atomic mass is 16.5. The highest BCUT2D eigenvalue weighted by Crippen LogP contribution is 2.23. The number of amides is 1. The van der Waals surface area contributed by atoms with Crippen LogP contribution in [0.2, 0.25) is 0 Å². The molecule has 1 unspecified atom stereocenters. The minimum absolute atomic E-state index is 0.00561. The third kappa shape index (κ3) is 3.48. The van der Waals surface area contributed by atoms with E-state index in [2.05, 4.69) is 15.3 Å². The standard InChI is InChI=1S/C17H20N4O2/c1-12-3-5-13(6-4-12)23-8-7-21(2)17(22)16-14-9-18-11-20-15(14)10-19-16/h3-6,9,11,16,19H,7-8,10H2,1-2H3. The molecule has 0 fully saturated rings. The summed E-state index contributed by atoms with van der Waals surface area (Å²) in [4.78, 5) is 22.4.